The number of carbonyl (C=O) groups excluding carboxylic acids is 1. The Bertz CT molecular complexity index is 1280. The molecule has 2 aliphatic heterocycles. The Balaban J connectivity index is 1.39. The number of benzene rings is 2. The third kappa shape index (κ3) is 4.73. The van der Waals surface area contributed by atoms with E-state index >= 15 is 0 Å². The summed E-state index contributed by atoms with van der Waals surface area (Å²) in [5.41, 5.74) is 2.60. The fourth-order valence-corrected chi connectivity index (χ4v) is 4.63. The number of alkyl halides is 3. The minimum atomic E-state index is -4.79. The van der Waals surface area contributed by atoms with Gasteiger partial charge in [0.15, 0.2) is 0 Å². The smallest absolute Gasteiger partial charge is 0.406 e. The van der Waals surface area contributed by atoms with E-state index in [4.69, 9.17) is 0 Å². The van der Waals surface area contributed by atoms with Gasteiger partial charge in [-0.25, -0.2) is 9.07 Å². The van der Waals surface area contributed by atoms with Crippen molar-refractivity contribution < 1.29 is 27.1 Å². The van der Waals surface area contributed by atoms with Gasteiger partial charge >= 0.3 is 6.36 Å². The maximum absolute atomic E-state index is 13.8. The number of hydrogen-bond donors (Lipinski definition) is 1. The fraction of sp³-hybridized carbons (Fsp3) is 0.280. The number of ether oxygens (including phenoxy) is 1. The molecule has 1 aromatic heterocycles. The maximum Gasteiger partial charge on any atom is 0.573 e. The van der Waals surface area contributed by atoms with Gasteiger partial charge in [-0.1, -0.05) is 12.1 Å². The van der Waals surface area contributed by atoms with Gasteiger partial charge in [0.2, 0.25) is 0 Å². The van der Waals surface area contributed by atoms with Crippen molar-refractivity contribution in [1.29, 1.82) is 0 Å². The summed E-state index contributed by atoms with van der Waals surface area (Å²) in [5, 5.41) is 7.57. The molecular formula is C25H23F4N5O2. The van der Waals surface area contributed by atoms with E-state index in [9.17, 15) is 22.4 Å². The minimum Gasteiger partial charge on any atom is -0.406 e. The van der Waals surface area contributed by atoms with E-state index in [0.29, 0.717) is 48.8 Å². The summed E-state index contributed by atoms with van der Waals surface area (Å²) in [6, 6.07) is 12.9. The number of nitrogens with zero attached hydrogens (tertiary/aromatic N) is 4. The zero-order valence-corrected chi connectivity index (χ0v) is 19.3. The molecule has 36 heavy (non-hydrogen) atoms. The van der Waals surface area contributed by atoms with Gasteiger partial charge in [-0.3, -0.25) is 4.79 Å². The first-order chi connectivity index (χ1) is 17.2. The number of halogens is 4. The quantitative estimate of drug-likeness (QED) is 0.532. The van der Waals surface area contributed by atoms with Crippen LogP contribution in [0.15, 0.2) is 72.1 Å². The van der Waals surface area contributed by atoms with E-state index in [1.54, 1.807) is 40.9 Å². The molecule has 0 radical (unpaired) electrons. The standard InChI is InChI=1S/C25H23F4N5O2/c1-16-22(24(35)33-14-12-32(13-15-33)19-6-4-18(26)5-7-19)23(34-21(31-16)10-11-30-34)17-2-8-20(9-3-17)36-25(27,28)29/h2-11,23,31H,12-15H2,1H3. The molecule has 11 heteroatoms. The second-order valence-electron chi connectivity index (χ2n) is 8.60. The Hall–Kier alpha value is -4.02. The van der Waals surface area contributed by atoms with Crippen LogP contribution in [0.3, 0.4) is 0 Å². The highest BCUT2D eigenvalue weighted by atomic mass is 19.4. The Morgan fingerprint density at radius 2 is 1.67 bits per heavy atom. The monoisotopic (exact) mass is 501 g/mol. The lowest BCUT2D eigenvalue weighted by molar-refractivity contribution is -0.274. The van der Waals surface area contributed by atoms with Crippen LogP contribution in [0.25, 0.3) is 0 Å². The molecule has 1 N–H and O–H groups in total. The first-order valence-corrected chi connectivity index (χ1v) is 11.4. The van der Waals surface area contributed by atoms with Crippen LogP contribution < -0.4 is 15.0 Å². The molecular weight excluding hydrogens is 478 g/mol. The molecule has 1 amide bonds. The van der Waals surface area contributed by atoms with Gasteiger partial charge in [0.05, 0.1) is 11.8 Å². The summed E-state index contributed by atoms with van der Waals surface area (Å²) in [6.45, 7) is 3.89. The first-order valence-electron chi connectivity index (χ1n) is 11.4. The number of allylic oxidation sites excluding steroid dienone is 1. The highest BCUT2D eigenvalue weighted by Gasteiger charge is 2.36. The van der Waals surface area contributed by atoms with Gasteiger partial charge in [-0.15, -0.1) is 13.2 Å². The highest BCUT2D eigenvalue weighted by Crippen LogP contribution is 2.37. The van der Waals surface area contributed by atoms with Crippen LogP contribution >= 0.6 is 0 Å². The third-order valence-electron chi connectivity index (χ3n) is 6.33. The van der Waals surface area contributed by atoms with Gasteiger partial charge in [0.1, 0.15) is 23.4 Å². The molecule has 3 heterocycles. The molecule has 1 unspecified atom stereocenters. The molecule has 1 fully saturated rings. The van der Waals surface area contributed by atoms with Gasteiger partial charge in [0.25, 0.3) is 5.91 Å². The molecule has 2 aliphatic rings. The van der Waals surface area contributed by atoms with E-state index in [0.717, 1.165) is 5.69 Å². The molecule has 7 nitrogen and oxygen atoms in total. The van der Waals surface area contributed by atoms with Crippen molar-refractivity contribution in [3.05, 3.63) is 83.4 Å². The lowest BCUT2D eigenvalue weighted by Gasteiger charge is -2.38. The molecule has 1 saturated heterocycles. The molecule has 5 rings (SSSR count). The lowest BCUT2D eigenvalue weighted by Crippen LogP contribution is -2.50. The van der Waals surface area contributed by atoms with Crippen molar-refractivity contribution in [2.45, 2.75) is 19.3 Å². The third-order valence-corrected chi connectivity index (χ3v) is 6.33. The van der Waals surface area contributed by atoms with Gasteiger partial charge < -0.3 is 19.9 Å². The summed E-state index contributed by atoms with van der Waals surface area (Å²) in [4.78, 5) is 17.6. The van der Waals surface area contributed by atoms with Crippen molar-refractivity contribution in [2.24, 2.45) is 0 Å². The number of carbonyl (C=O) groups is 1. The Morgan fingerprint density at radius 3 is 2.31 bits per heavy atom. The fourth-order valence-electron chi connectivity index (χ4n) is 4.63. The predicted molar refractivity (Wildman–Crippen MR) is 125 cm³/mol. The van der Waals surface area contributed by atoms with Crippen LogP contribution in [0.1, 0.15) is 18.5 Å². The number of hydrogen-bond acceptors (Lipinski definition) is 5. The zero-order chi connectivity index (χ0) is 25.4. The Kier molecular flexibility index (Phi) is 6.07. The average molecular weight is 501 g/mol. The number of rotatable bonds is 4. The molecule has 3 aromatic rings. The van der Waals surface area contributed by atoms with Crippen molar-refractivity contribution in [1.82, 2.24) is 14.7 Å². The summed E-state index contributed by atoms with van der Waals surface area (Å²) < 4.78 is 56.7. The lowest BCUT2D eigenvalue weighted by atomic mass is 9.94. The van der Waals surface area contributed by atoms with E-state index < -0.39 is 12.4 Å². The number of aromatic nitrogens is 2. The van der Waals surface area contributed by atoms with Crippen LogP contribution in [0.5, 0.6) is 5.75 Å². The zero-order valence-electron chi connectivity index (χ0n) is 19.3. The van der Waals surface area contributed by atoms with Crippen LogP contribution in [0.4, 0.5) is 29.1 Å². The normalized spacial score (nSPS) is 18.1. The largest absolute Gasteiger partial charge is 0.573 e. The molecule has 0 spiro atoms. The summed E-state index contributed by atoms with van der Waals surface area (Å²) in [6.07, 6.45) is -3.20. The van der Waals surface area contributed by atoms with Crippen LogP contribution in [-0.4, -0.2) is 53.1 Å². The van der Waals surface area contributed by atoms with Crippen molar-refractivity contribution >= 4 is 17.4 Å². The topological polar surface area (TPSA) is 62.6 Å². The molecule has 0 bridgehead atoms. The van der Waals surface area contributed by atoms with Gasteiger partial charge in [0, 0.05) is 43.6 Å². The predicted octanol–water partition coefficient (Wildman–Crippen LogP) is 4.56. The van der Waals surface area contributed by atoms with E-state index in [2.05, 4.69) is 20.1 Å². The van der Waals surface area contributed by atoms with E-state index in [-0.39, 0.29) is 17.5 Å². The molecule has 1 atom stereocenters. The second kappa shape index (κ2) is 9.21. The summed E-state index contributed by atoms with van der Waals surface area (Å²) in [5.74, 6) is -0.153. The number of fused-ring (bicyclic) bond motifs is 1. The summed E-state index contributed by atoms with van der Waals surface area (Å²) in [7, 11) is 0. The number of piperazine rings is 1. The Labute approximate surface area is 204 Å². The van der Waals surface area contributed by atoms with Crippen molar-refractivity contribution in [2.75, 3.05) is 36.4 Å². The number of anilines is 2. The molecule has 188 valence electrons. The van der Waals surface area contributed by atoms with Gasteiger partial charge in [-0.2, -0.15) is 5.10 Å². The first kappa shape index (κ1) is 23.7. The Morgan fingerprint density at radius 1 is 1.00 bits per heavy atom. The SMILES string of the molecule is CC1=C(C(=O)N2CCN(c3ccc(F)cc3)CC2)C(c2ccc(OC(F)(F)F)cc2)n2nccc2N1. The maximum atomic E-state index is 13.8. The summed E-state index contributed by atoms with van der Waals surface area (Å²) >= 11 is 0. The van der Waals surface area contributed by atoms with Gasteiger partial charge in [-0.05, 0) is 48.9 Å². The van der Waals surface area contributed by atoms with Crippen LogP contribution in [0.2, 0.25) is 0 Å². The molecule has 2 aromatic carbocycles. The average Bonchev–Trinajstić information content (AvgIpc) is 3.31. The second-order valence-corrected chi connectivity index (χ2v) is 8.60. The number of amides is 1. The van der Waals surface area contributed by atoms with Crippen molar-refractivity contribution in [3.63, 3.8) is 0 Å². The molecule has 0 aliphatic carbocycles. The highest BCUT2D eigenvalue weighted by molar-refractivity contribution is 5.97. The van der Waals surface area contributed by atoms with Crippen LogP contribution in [0, 0.1) is 5.82 Å². The van der Waals surface area contributed by atoms with Crippen molar-refractivity contribution in [3.8, 4) is 5.75 Å². The van der Waals surface area contributed by atoms with Crippen LogP contribution in [-0.2, 0) is 4.79 Å². The molecule has 0 saturated carbocycles. The van der Waals surface area contributed by atoms with E-state index in [1.807, 2.05) is 0 Å². The van der Waals surface area contributed by atoms with E-state index in [1.165, 1.54) is 36.4 Å². The number of nitrogens with one attached hydrogen (secondary N) is 1. The minimum absolute atomic E-state index is 0.180.